The highest BCUT2D eigenvalue weighted by atomic mass is 28.3. The third-order valence-electron chi connectivity index (χ3n) is 2.40. The summed E-state index contributed by atoms with van der Waals surface area (Å²) >= 11 is 0. The number of carbonyl (C=O) groups is 1. The molecule has 0 N–H and O–H groups in total. The number of hydrogen-bond acceptors (Lipinski definition) is 4. The van der Waals surface area contributed by atoms with Crippen LogP contribution in [0.2, 0.25) is 19.6 Å². The molecule has 0 saturated heterocycles. The molecule has 0 aliphatic rings. The van der Waals surface area contributed by atoms with Crippen LogP contribution in [-0.4, -0.2) is 27.4 Å². The van der Waals surface area contributed by atoms with Gasteiger partial charge in [-0.1, -0.05) is 31.8 Å². The third-order valence-corrected chi connectivity index (χ3v) is 3.41. The Morgan fingerprint density at radius 3 is 2.35 bits per heavy atom. The van der Waals surface area contributed by atoms with Crippen LogP contribution in [0.5, 0.6) is 5.75 Å². The zero-order valence-electron chi connectivity index (χ0n) is 12.3. The van der Waals surface area contributed by atoms with Crippen LogP contribution in [0.15, 0.2) is 29.8 Å². The maximum atomic E-state index is 11.8. The van der Waals surface area contributed by atoms with Gasteiger partial charge in [0, 0.05) is 0 Å². The standard InChI is InChI=1S/C15H19NO3Si/c1-18-14-7-5-12(6-8-14)9-13(10-16)15(17)19-11-20(2,3)4/h5-9H,11H2,1-4H3. The van der Waals surface area contributed by atoms with Gasteiger partial charge in [-0.2, -0.15) is 5.26 Å². The van der Waals surface area contributed by atoms with Crippen molar-refractivity contribution in [2.75, 3.05) is 13.3 Å². The van der Waals surface area contributed by atoms with E-state index in [9.17, 15) is 4.79 Å². The lowest BCUT2D eigenvalue weighted by Crippen LogP contribution is -2.30. The van der Waals surface area contributed by atoms with Crippen molar-refractivity contribution in [3.05, 3.63) is 35.4 Å². The highest BCUT2D eigenvalue weighted by Gasteiger charge is 2.18. The predicted octanol–water partition coefficient (Wildman–Crippen LogP) is 3.02. The van der Waals surface area contributed by atoms with E-state index in [1.165, 1.54) is 6.08 Å². The SMILES string of the molecule is COc1ccc(C=C(C#N)C(=O)OC[Si](C)(C)C)cc1. The first-order chi connectivity index (χ1) is 9.35. The van der Waals surface area contributed by atoms with Crippen molar-refractivity contribution in [2.45, 2.75) is 19.6 Å². The molecule has 0 amide bonds. The smallest absolute Gasteiger partial charge is 0.348 e. The van der Waals surface area contributed by atoms with Crippen molar-refractivity contribution in [3.8, 4) is 11.8 Å². The lowest BCUT2D eigenvalue weighted by molar-refractivity contribution is -0.136. The summed E-state index contributed by atoms with van der Waals surface area (Å²) in [6.07, 6.45) is 1.93. The number of nitrogens with zero attached hydrogens (tertiary/aromatic N) is 1. The molecular weight excluding hydrogens is 270 g/mol. The highest BCUT2D eigenvalue weighted by Crippen LogP contribution is 2.14. The van der Waals surface area contributed by atoms with E-state index >= 15 is 0 Å². The summed E-state index contributed by atoms with van der Waals surface area (Å²) < 4.78 is 10.2. The zero-order valence-corrected chi connectivity index (χ0v) is 13.3. The number of methoxy groups -OCH3 is 1. The summed E-state index contributed by atoms with van der Waals surface area (Å²) in [5, 5.41) is 9.06. The Hall–Kier alpha value is -2.06. The average molecular weight is 289 g/mol. The van der Waals surface area contributed by atoms with Crippen LogP contribution in [0.4, 0.5) is 0 Å². The summed E-state index contributed by atoms with van der Waals surface area (Å²) in [6.45, 7) is 6.29. The van der Waals surface area contributed by atoms with Crippen LogP contribution in [0, 0.1) is 11.3 Å². The molecule has 0 radical (unpaired) electrons. The molecule has 4 nitrogen and oxygen atoms in total. The van der Waals surface area contributed by atoms with Crippen LogP contribution in [0.25, 0.3) is 6.08 Å². The normalized spacial score (nSPS) is 11.7. The van der Waals surface area contributed by atoms with E-state index in [-0.39, 0.29) is 5.57 Å². The lowest BCUT2D eigenvalue weighted by Gasteiger charge is -2.15. The number of hydrogen-bond donors (Lipinski definition) is 0. The van der Waals surface area contributed by atoms with Crippen LogP contribution in [0.1, 0.15) is 5.56 Å². The molecule has 0 bridgehead atoms. The predicted molar refractivity (Wildman–Crippen MR) is 80.9 cm³/mol. The maximum absolute atomic E-state index is 11.8. The summed E-state index contributed by atoms with van der Waals surface area (Å²) in [5.41, 5.74) is 0.765. The van der Waals surface area contributed by atoms with Crippen molar-refractivity contribution in [2.24, 2.45) is 0 Å². The highest BCUT2D eigenvalue weighted by molar-refractivity contribution is 6.76. The molecule has 0 atom stereocenters. The van der Waals surface area contributed by atoms with Crippen molar-refractivity contribution < 1.29 is 14.3 Å². The molecule has 1 aromatic rings. The summed E-state index contributed by atoms with van der Waals surface area (Å²) in [6, 6.07) is 8.99. The Morgan fingerprint density at radius 1 is 1.30 bits per heavy atom. The number of rotatable bonds is 5. The first kappa shape index (κ1) is 16.0. The molecule has 0 aromatic heterocycles. The molecule has 20 heavy (non-hydrogen) atoms. The molecule has 1 rings (SSSR count). The van der Waals surface area contributed by atoms with Gasteiger partial charge < -0.3 is 9.47 Å². The van der Waals surface area contributed by atoms with Gasteiger partial charge >= 0.3 is 5.97 Å². The fourth-order valence-electron chi connectivity index (χ4n) is 1.36. The van der Waals surface area contributed by atoms with E-state index in [1.54, 1.807) is 31.4 Å². The van der Waals surface area contributed by atoms with Crippen LogP contribution in [-0.2, 0) is 9.53 Å². The molecular formula is C15H19NO3Si. The molecule has 0 unspecified atom stereocenters. The second kappa shape index (κ2) is 6.92. The molecule has 1 aromatic carbocycles. The molecule has 0 fully saturated rings. The molecule has 0 spiro atoms. The van der Waals surface area contributed by atoms with E-state index in [0.29, 0.717) is 6.23 Å². The second-order valence-electron chi connectivity index (χ2n) is 5.58. The van der Waals surface area contributed by atoms with Gasteiger partial charge in [0.05, 0.1) is 21.4 Å². The van der Waals surface area contributed by atoms with Gasteiger partial charge in [0.1, 0.15) is 17.4 Å². The van der Waals surface area contributed by atoms with E-state index in [0.717, 1.165) is 11.3 Å². The molecule has 0 saturated carbocycles. The maximum Gasteiger partial charge on any atom is 0.348 e. The minimum Gasteiger partial charge on any atom is -0.497 e. The van der Waals surface area contributed by atoms with Crippen molar-refractivity contribution in [1.82, 2.24) is 0 Å². The first-order valence-electron chi connectivity index (χ1n) is 6.29. The Labute approximate surface area is 120 Å². The average Bonchev–Trinajstić information content (AvgIpc) is 2.42. The number of carbonyl (C=O) groups excluding carboxylic acids is 1. The molecule has 0 aliphatic carbocycles. The van der Waals surface area contributed by atoms with Gasteiger partial charge in [0.2, 0.25) is 0 Å². The molecule has 0 heterocycles. The van der Waals surface area contributed by atoms with Gasteiger partial charge in [0.25, 0.3) is 0 Å². The number of nitriles is 1. The Morgan fingerprint density at radius 2 is 1.90 bits per heavy atom. The fraction of sp³-hybridized carbons (Fsp3) is 0.333. The summed E-state index contributed by atoms with van der Waals surface area (Å²) in [7, 11) is 0.103. The van der Waals surface area contributed by atoms with Gasteiger partial charge in [-0.15, -0.1) is 0 Å². The minimum absolute atomic E-state index is 0.00779. The molecule has 106 valence electrons. The van der Waals surface area contributed by atoms with Crippen molar-refractivity contribution in [1.29, 1.82) is 5.26 Å². The largest absolute Gasteiger partial charge is 0.497 e. The minimum atomic E-state index is -1.48. The Bertz CT molecular complexity index is 536. The summed E-state index contributed by atoms with van der Waals surface area (Å²) in [5.74, 6) is 0.160. The Balaban J connectivity index is 2.81. The van der Waals surface area contributed by atoms with Gasteiger partial charge in [0.15, 0.2) is 0 Å². The Kier molecular flexibility index (Phi) is 5.53. The third kappa shape index (κ3) is 5.29. The monoisotopic (exact) mass is 289 g/mol. The van der Waals surface area contributed by atoms with E-state index in [4.69, 9.17) is 14.7 Å². The van der Waals surface area contributed by atoms with Gasteiger partial charge in [-0.3, -0.25) is 0 Å². The van der Waals surface area contributed by atoms with Crippen molar-refractivity contribution >= 4 is 20.1 Å². The number of ether oxygens (including phenoxy) is 2. The van der Waals surface area contributed by atoms with Gasteiger partial charge in [-0.05, 0) is 23.8 Å². The molecule has 0 aliphatic heterocycles. The van der Waals surface area contributed by atoms with Crippen LogP contribution < -0.4 is 4.74 Å². The lowest BCUT2D eigenvalue weighted by atomic mass is 10.1. The fourth-order valence-corrected chi connectivity index (χ4v) is 1.93. The van der Waals surface area contributed by atoms with Crippen LogP contribution in [0.3, 0.4) is 0 Å². The number of esters is 1. The van der Waals surface area contributed by atoms with E-state index in [2.05, 4.69) is 19.6 Å². The zero-order chi connectivity index (χ0) is 15.2. The van der Waals surface area contributed by atoms with Crippen molar-refractivity contribution in [3.63, 3.8) is 0 Å². The quantitative estimate of drug-likeness (QED) is 0.362. The molecule has 5 heteroatoms. The van der Waals surface area contributed by atoms with E-state index < -0.39 is 14.0 Å². The second-order valence-corrected chi connectivity index (χ2v) is 11.0. The first-order valence-corrected chi connectivity index (χ1v) is 9.99. The van der Waals surface area contributed by atoms with E-state index in [1.807, 2.05) is 6.07 Å². The van der Waals surface area contributed by atoms with Crippen LogP contribution >= 0.6 is 0 Å². The van der Waals surface area contributed by atoms with Gasteiger partial charge in [-0.25, -0.2) is 4.79 Å². The summed E-state index contributed by atoms with van der Waals surface area (Å²) in [4.78, 5) is 11.8. The number of benzene rings is 1. The topological polar surface area (TPSA) is 59.3 Å².